The van der Waals surface area contributed by atoms with Gasteiger partial charge >= 0.3 is 0 Å². The molecular formula is C16H27N3O. The van der Waals surface area contributed by atoms with E-state index in [2.05, 4.69) is 16.8 Å². The Bertz CT molecular complexity index is 449. The summed E-state index contributed by atoms with van der Waals surface area (Å²) in [6, 6.07) is 0.449. The quantitative estimate of drug-likeness (QED) is 0.899. The molecule has 2 heterocycles. The van der Waals surface area contributed by atoms with E-state index in [1.807, 2.05) is 7.11 Å². The Hall–Kier alpha value is -0.870. The highest BCUT2D eigenvalue weighted by atomic mass is 16.5. The SMILES string of the molecule is CCC(COC)n1c(C2CCCC2)nc2c1CCNC2. The van der Waals surface area contributed by atoms with Crippen molar-refractivity contribution in [1.82, 2.24) is 14.9 Å². The summed E-state index contributed by atoms with van der Waals surface area (Å²) in [5.41, 5.74) is 2.75. The summed E-state index contributed by atoms with van der Waals surface area (Å²) in [4.78, 5) is 5.03. The molecule has 0 amide bonds. The summed E-state index contributed by atoms with van der Waals surface area (Å²) in [5, 5.41) is 3.45. The molecule has 1 aromatic rings. The van der Waals surface area contributed by atoms with E-state index < -0.39 is 0 Å². The summed E-state index contributed by atoms with van der Waals surface area (Å²) in [6.45, 7) is 5.07. The maximum atomic E-state index is 5.46. The van der Waals surface area contributed by atoms with Gasteiger partial charge in [0.25, 0.3) is 0 Å². The van der Waals surface area contributed by atoms with Gasteiger partial charge in [0.1, 0.15) is 5.82 Å². The molecule has 1 aromatic heterocycles. The molecule has 0 radical (unpaired) electrons. The second kappa shape index (κ2) is 6.27. The molecule has 1 aliphatic heterocycles. The largest absolute Gasteiger partial charge is 0.383 e. The fourth-order valence-corrected chi connectivity index (χ4v) is 3.80. The van der Waals surface area contributed by atoms with Crippen molar-refractivity contribution >= 4 is 0 Å². The molecule has 2 aliphatic rings. The number of nitrogens with one attached hydrogen (secondary N) is 1. The Kier molecular flexibility index (Phi) is 4.41. The highest BCUT2D eigenvalue weighted by molar-refractivity contribution is 5.23. The predicted molar refractivity (Wildman–Crippen MR) is 80.1 cm³/mol. The van der Waals surface area contributed by atoms with Crippen LogP contribution >= 0.6 is 0 Å². The van der Waals surface area contributed by atoms with E-state index in [4.69, 9.17) is 9.72 Å². The Balaban J connectivity index is 2.00. The molecular weight excluding hydrogens is 250 g/mol. The number of nitrogens with zero attached hydrogens (tertiary/aromatic N) is 2. The first-order valence-corrected chi connectivity index (χ1v) is 8.14. The summed E-state index contributed by atoms with van der Waals surface area (Å²) in [5.74, 6) is 2.02. The van der Waals surface area contributed by atoms with Gasteiger partial charge in [0.2, 0.25) is 0 Å². The van der Waals surface area contributed by atoms with Gasteiger partial charge in [0, 0.05) is 38.2 Å². The minimum absolute atomic E-state index is 0.449. The zero-order chi connectivity index (χ0) is 13.9. The standard InChI is InChI=1S/C16H27N3O/c1-3-13(11-20-2)19-15-8-9-17-10-14(15)18-16(19)12-6-4-5-7-12/h12-13,17H,3-11H2,1-2H3. The van der Waals surface area contributed by atoms with Crippen LogP contribution in [-0.4, -0.2) is 29.8 Å². The topological polar surface area (TPSA) is 39.1 Å². The second-order valence-corrected chi connectivity index (χ2v) is 6.16. The van der Waals surface area contributed by atoms with Crippen molar-refractivity contribution in [3.05, 3.63) is 17.2 Å². The van der Waals surface area contributed by atoms with E-state index in [1.54, 1.807) is 0 Å². The van der Waals surface area contributed by atoms with Crippen LogP contribution < -0.4 is 5.32 Å². The molecule has 1 saturated carbocycles. The van der Waals surface area contributed by atoms with Crippen LogP contribution in [0.4, 0.5) is 0 Å². The normalized spacial score (nSPS) is 21.1. The van der Waals surface area contributed by atoms with Crippen LogP contribution in [-0.2, 0) is 17.7 Å². The number of imidazole rings is 1. The number of rotatable bonds is 5. The first-order chi connectivity index (χ1) is 9.85. The number of fused-ring (bicyclic) bond motifs is 1. The number of hydrogen-bond donors (Lipinski definition) is 1. The van der Waals surface area contributed by atoms with Gasteiger partial charge in [0.15, 0.2) is 0 Å². The molecule has 4 heteroatoms. The zero-order valence-corrected chi connectivity index (χ0v) is 12.8. The van der Waals surface area contributed by atoms with E-state index in [1.165, 1.54) is 42.9 Å². The highest BCUT2D eigenvalue weighted by Gasteiger charge is 2.29. The molecule has 1 fully saturated rings. The molecule has 4 nitrogen and oxygen atoms in total. The van der Waals surface area contributed by atoms with Gasteiger partial charge in [-0.1, -0.05) is 19.8 Å². The van der Waals surface area contributed by atoms with E-state index in [9.17, 15) is 0 Å². The van der Waals surface area contributed by atoms with Crippen LogP contribution in [0.25, 0.3) is 0 Å². The number of aromatic nitrogens is 2. The van der Waals surface area contributed by atoms with E-state index in [0.29, 0.717) is 12.0 Å². The molecule has 0 aromatic carbocycles. The van der Waals surface area contributed by atoms with E-state index in [-0.39, 0.29) is 0 Å². The monoisotopic (exact) mass is 277 g/mol. The lowest BCUT2D eigenvalue weighted by molar-refractivity contribution is 0.149. The Morgan fingerprint density at radius 1 is 1.40 bits per heavy atom. The summed E-state index contributed by atoms with van der Waals surface area (Å²) < 4.78 is 8.01. The maximum Gasteiger partial charge on any atom is 0.112 e. The van der Waals surface area contributed by atoms with Crippen LogP contribution in [0.2, 0.25) is 0 Å². The van der Waals surface area contributed by atoms with Gasteiger partial charge < -0.3 is 14.6 Å². The van der Waals surface area contributed by atoms with Crippen LogP contribution in [0, 0.1) is 0 Å². The lowest BCUT2D eigenvalue weighted by atomic mass is 10.1. The van der Waals surface area contributed by atoms with Gasteiger partial charge in [-0.05, 0) is 19.3 Å². The summed E-state index contributed by atoms with van der Waals surface area (Å²) >= 11 is 0. The summed E-state index contributed by atoms with van der Waals surface area (Å²) in [6.07, 6.45) is 7.57. The molecule has 112 valence electrons. The third-order valence-electron chi connectivity index (χ3n) is 4.87. The van der Waals surface area contributed by atoms with Gasteiger partial charge in [-0.25, -0.2) is 4.98 Å². The Morgan fingerprint density at radius 2 is 2.20 bits per heavy atom. The molecule has 1 aliphatic carbocycles. The van der Waals surface area contributed by atoms with Crippen LogP contribution in [0.3, 0.4) is 0 Å². The van der Waals surface area contributed by atoms with E-state index >= 15 is 0 Å². The van der Waals surface area contributed by atoms with Crippen molar-refractivity contribution in [3.8, 4) is 0 Å². The van der Waals surface area contributed by atoms with Gasteiger partial charge in [-0.15, -0.1) is 0 Å². The Labute approximate surface area is 121 Å². The molecule has 0 spiro atoms. The number of methoxy groups -OCH3 is 1. The fraction of sp³-hybridized carbons (Fsp3) is 0.812. The third kappa shape index (κ3) is 2.51. The minimum atomic E-state index is 0.449. The van der Waals surface area contributed by atoms with Crippen molar-refractivity contribution in [2.24, 2.45) is 0 Å². The van der Waals surface area contributed by atoms with Gasteiger partial charge in [0.05, 0.1) is 18.3 Å². The van der Waals surface area contributed by atoms with Crippen LogP contribution in [0.1, 0.15) is 68.2 Å². The smallest absolute Gasteiger partial charge is 0.112 e. The summed E-state index contributed by atoms with van der Waals surface area (Å²) in [7, 11) is 1.81. The van der Waals surface area contributed by atoms with Crippen molar-refractivity contribution in [3.63, 3.8) is 0 Å². The molecule has 1 N–H and O–H groups in total. The fourth-order valence-electron chi connectivity index (χ4n) is 3.80. The molecule has 3 rings (SSSR count). The highest BCUT2D eigenvalue weighted by Crippen LogP contribution is 2.37. The first kappa shape index (κ1) is 14.1. The number of ether oxygens (including phenoxy) is 1. The molecule has 0 bridgehead atoms. The van der Waals surface area contributed by atoms with Crippen molar-refractivity contribution < 1.29 is 4.74 Å². The van der Waals surface area contributed by atoms with Crippen LogP contribution in [0.15, 0.2) is 0 Å². The zero-order valence-electron chi connectivity index (χ0n) is 12.8. The number of hydrogen-bond acceptors (Lipinski definition) is 3. The molecule has 1 atom stereocenters. The van der Waals surface area contributed by atoms with Crippen molar-refractivity contribution in [2.45, 2.75) is 64.0 Å². The van der Waals surface area contributed by atoms with Crippen molar-refractivity contribution in [1.29, 1.82) is 0 Å². The molecule has 0 saturated heterocycles. The lowest BCUT2D eigenvalue weighted by Crippen LogP contribution is -2.27. The van der Waals surface area contributed by atoms with E-state index in [0.717, 1.165) is 32.5 Å². The maximum absolute atomic E-state index is 5.46. The lowest BCUT2D eigenvalue weighted by Gasteiger charge is -2.25. The average Bonchev–Trinajstić information content (AvgIpc) is 3.11. The molecule has 1 unspecified atom stereocenters. The van der Waals surface area contributed by atoms with Gasteiger partial charge in [-0.3, -0.25) is 0 Å². The van der Waals surface area contributed by atoms with Gasteiger partial charge in [-0.2, -0.15) is 0 Å². The van der Waals surface area contributed by atoms with Crippen LogP contribution in [0.5, 0.6) is 0 Å². The average molecular weight is 277 g/mol. The van der Waals surface area contributed by atoms with Crippen molar-refractivity contribution in [2.75, 3.05) is 20.3 Å². The second-order valence-electron chi connectivity index (χ2n) is 6.16. The third-order valence-corrected chi connectivity index (χ3v) is 4.87. The first-order valence-electron chi connectivity index (χ1n) is 8.14. The Morgan fingerprint density at radius 3 is 2.90 bits per heavy atom. The molecule has 20 heavy (non-hydrogen) atoms. The minimum Gasteiger partial charge on any atom is -0.383 e. The predicted octanol–water partition coefficient (Wildman–Crippen LogP) is 2.78.